The summed E-state index contributed by atoms with van der Waals surface area (Å²) in [6, 6.07) is 11.4. The minimum atomic E-state index is -0.465. The molecule has 140 valence electrons. The molecule has 0 saturated heterocycles. The lowest BCUT2D eigenvalue weighted by atomic mass is 10.1. The summed E-state index contributed by atoms with van der Waals surface area (Å²) in [5.41, 5.74) is 2.88. The third-order valence-electron chi connectivity index (χ3n) is 3.60. The lowest BCUT2D eigenvalue weighted by molar-refractivity contribution is -0.384. The van der Waals surface area contributed by atoms with Gasteiger partial charge in [0.15, 0.2) is 0 Å². The Kier molecular flexibility index (Phi) is 7.18. The number of hydrogen-bond acceptors (Lipinski definition) is 7. The lowest BCUT2D eigenvalue weighted by Crippen LogP contribution is -2.07. The molecule has 0 radical (unpaired) electrons. The van der Waals surface area contributed by atoms with E-state index < -0.39 is 10.9 Å². The fourth-order valence-electron chi connectivity index (χ4n) is 2.33. The second-order valence-electron chi connectivity index (χ2n) is 5.44. The topological polar surface area (TPSA) is 106 Å². The van der Waals surface area contributed by atoms with Gasteiger partial charge in [-0.1, -0.05) is 18.7 Å². The van der Waals surface area contributed by atoms with Crippen molar-refractivity contribution < 1.29 is 14.5 Å². The van der Waals surface area contributed by atoms with Gasteiger partial charge in [0, 0.05) is 31.2 Å². The van der Waals surface area contributed by atoms with Crippen LogP contribution >= 0.6 is 0 Å². The first-order valence-corrected chi connectivity index (χ1v) is 8.36. The Balaban J connectivity index is 2.19. The molecule has 0 saturated carbocycles. The number of carbonyl (C=O) groups is 1. The van der Waals surface area contributed by atoms with E-state index in [1.807, 2.05) is 25.1 Å². The van der Waals surface area contributed by atoms with Gasteiger partial charge in [-0.2, -0.15) is 5.11 Å². The summed E-state index contributed by atoms with van der Waals surface area (Å²) in [6.45, 7) is 6.24. The van der Waals surface area contributed by atoms with Crippen molar-refractivity contribution in [2.24, 2.45) is 10.2 Å². The molecule has 0 atom stereocenters. The average molecular weight is 368 g/mol. The van der Waals surface area contributed by atoms with Crippen LogP contribution in [0.25, 0.3) is 0 Å². The molecule has 2 aromatic rings. The molecule has 8 nitrogen and oxygen atoms in total. The van der Waals surface area contributed by atoms with Gasteiger partial charge in [-0.25, -0.2) is 4.79 Å². The number of ether oxygens (including phenoxy) is 1. The van der Waals surface area contributed by atoms with Gasteiger partial charge in [0.25, 0.3) is 5.69 Å². The Labute approximate surface area is 156 Å². The number of azo groups is 1. The molecule has 2 rings (SSSR count). The number of non-ortho nitro benzene ring substituents is 1. The largest absolute Gasteiger partial charge is 0.462 e. The van der Waals surface area contributed by atoms with Gasteiger partial charge < -0.3 is 10.1 Å². The number of nitrogens with one attached hydrogen (secondary N) is 1. The molecule has 0 aliphatic carbocycles. The molecule has 0 bridgehead atoms. The zero-order valence-electron chi connectivity index (χ0n) is 14.9. The maximum Gasteiger partial charge on any atom is 0.330 e. The smallest absolute Gasteiger partial charge is 0.330 e. The van der Waals surface area contributed by atoms with Gasteiger partial charge in [-0.3, -0.25) is 10.1 Å². The van der Waals surface area contributed by atoms with Gasteiger partial charge in [-0.15, -0.1) is 5.11 Å². The zero-order valence-corrected chi connectivity index (χ0v) is 14.9. The number of nitrogens with zero attached hydrogens (tertiary/aromatic N) is 3. The SMILES string of the molecule is C=CC(=O)OCCc1cccc(N=Nc2ccc([N+](=O)[O-])cc2)c1NCC. The Morgan fingerprint density at radius 1 is 1.26 bits per heavy atom. The van der Waals surface area contributed by atoms with Gasteiger partial charge in [0.1, 0.15) is 5.69 Å². The number of carbonyl (C=O) groups excluding carboxylic acids is 1. The normalized spacial score (nSPS) is 10.6. The van der Waals surface area contributed by atoms with E-state index in [1.54, 1.807) is 0 Å². The molecular weight excluding hydrogens is 348 g/mol. The van der Waals surface area contributed by atoms with Crippen LogP contribution in [0.1, 0.15) is 12.5 Å². The molecule has 0 amide bonds. The van der Waals surface area contributed by atoms with Gasteiger partial charge in [0.2, 0.25) is 0 Å². The Morgan fingerprint density at radius 3 is 2.63 bits per heavy atom. The second kappa shape index (κ2) is 9.81. The van der Waals surface area contributed by atoms with Crippen LogP contribution in [0.3, 0.4) is 0 Å². The zero-order chi connectivity index (χ0) is 19.6. The molecule has 0 unspecified atom stereocenters. The summed E-state index contributed by atoms with van der Waals surface area (Å²) in [4.78, 5) is 21.4. The van der Waals surface area contributed by atoms with E-state index >= 15 is 0 Å². The highest BCUT2D eigenvalue weighted by Gasteiger charge is 2.09. The maximum atomic E-state index is 11.2. The van der Waals surface area contributed by atoms with Crippen LogP contribution in [-0.4, -0.2) is 24.0 Å². The van der Waals surface area contributed by atoms with Crippen molar-refractivity contribution >= 4 is 28.7 Å². The minimum absolute atomic E-state index is 0.00152. The number of nitro groups is 1. The number of nitro benzene ring substituents is 1. The first-order valence-electron chi connectivity index (χ1n) is 8.36. The third-order valence-corrected chi connectivity index (χ3v) is 3.60. The molecule has 0 aromatic heterocycles. The molecule has 0 aliphatic rings. The number of benzene rings is 2. The van der Waals surface area contributed by atoms with E-state index in [4.69, 9.17) is 4.74 Å². The van der Waals surface area contributed by atoms with Crippen molar-refractivity contribution in [2.75, 3.05) is 18.5 Å². The summed E-state index contributed by atoms with van der Waals surface area (Å²) >= 11 is 0. The maximum absolute atomic E-state index is 11.2. The Bertz CT molecular complexity index is 847. The fourth-order valence-corrected chi connectivity index (χ4v) is 2.33. The highest BCUT2D eigenvalue weighted by Crippen LogP contribution is 2.31. The van der Waals surface area contributed by atoms with E-state index in [9.17, 15) is 14.9 Å². The lowest BCUT2D eigenvalue weighted by Gasteiger charge is -2.13. The predicted octanol–water partition coefficient (Wildman–Crippen LogP) is 4.71. The molecule has 0 fully saturated rings. The molecule has 27 heavy (non-hydrogen) atoms. The van der Waals surface area contributed by atoms with Crippen LogP contribution in [0.4, 0.5) is 22.7 Å². The number of anilines is 1. The van der Waals surface area contributed by atoms with E-state index in [0.717, 1.165) is 17.3 Å². The van der Waals surface area contributed by atoms with Gasteiger partial charge in [-0.05, 0) is 30.7 Å². The first-order chi connectivity index (χ1) is 13.0. The van der Waals surface area contributed by atoms with E-state index in [1.165, 1.54) is 24.3 Å². The van der Waals surface area contributed by atoms with Crippen molar-refractivity contribution in [3.63, 3.8) is 0 Å². The summed E-state index contributed by atoms with van der Waals surface area (Å²) < 4.78 is 5.03. The molecule has 8 heteroatoms. The average Bonchev–Trinajstić information content (AvgIpc) is 2.68. The Hall–Kier alpha value is -3.55. The molecule has 0 aliphatic heterocycles. The van der Waals surface area contributed by atoms with Crippen LogP contribution in [0.2, 0.25) is 0 Å². The minimum Gasteiger partial charge on any atom is -0.462 e. The van der Waals surface area contributed by atoms with Crippen molar-refractivity contribution in [2.45, 2.75) is 13.3 Å². The number of hydrogen-bond donors (Lipinski definition) is 1. The van der Waals surface area contributed by atoms with E-state index in [0.29, 0.717) is 24.3 Å². The van der Waals surface area contributed by atoms with Crippen molar-refractivity contribution in [3.05, 3.63) is 70.8 Å². The van der Waals surface area contributed by atoms with Gasteiger partial charge >= 0.3 is 5.97 Å². The van der Waals surface area contributed by atoms with E-state index in [-0.39, 0.29) is 12.3 Å². The Morgan fingerprint density at radius 2 is 2.00 bits per heavy atom. The van der Waals surface area contributed by atoms with Crippen LogP contribution in [0.5, 0.6) is 0 Å². The molecule has 2 aromatic carbocycles. The number of rotatable bonds is 9. The monoisotopic (exact) mass is 368 g/mol. The molecular formula is C19H20N4O4. The third kappa shape index (κ3) is 5.74. The van der Waals surface area contributed by atoms with Crippen LogP contribution in [0.15, 0.2) is 65.3 Å². The van der Waals surface area contributed by atoms with Crippen LogP contribution in [-0.2, 0) is 16.0 Å². The highest BCUT2D eigenvalue weighted by atomic mass is 16.6. The standard InChI is InChI=1S/C19H20N4O4/c1-3-18(24)27-13-12-14-6-5-7-17(19(14)20-4-2)22-21-15-8-10-16(11-9-15)23(25)26/h3,5-11,20H,1,4,12-13H2,2H3. The van der Waals surface area contributed by atoms with E-state index in [2.05, 4.69) is 22.1 Å². The predicted molar refractivity (Wildman–Crippen MR) is 103 cm³/mol. The van der Waals surface area contributed by atoms with Crippen molar-refractivity contribution in [1.29, 1.82) is 0 Å². The first kappa shape index (κ1) is 19.8. The summed E-state index contributed by atoms with van der Waals surface area (Å²) in [6.07, 6.45) is 1.64. The van der Waals surface area contributed by atoms with Crippen LogP contribution in [0, 0.1) is 10.1 Å². The van der Waals surface area contributed by atoms with Crippen LogP contribution < -0.4 is 5.32 Å². The summed E-state index contributed by atoms with van der Waals surface area (Å²) in [5.74, 6) is -0.464. The van der Waals surface area contributed by atoms with Gasteiger partial charge in [0.05, 0.1) is 22.9 Å². The second-order valence-corrected chi connectivity index (χ2v) is 5.44. The molecule has 1 N–H and O–H groups in total. The summed E-state index contributed by atoms with van der Waals surface area (Å²) in [5, 5.41) is 22.4. The number of para-hydroxylation sites is 1. The highest BCUT2D eigenvalue weighted by molar-refractivity contribution is 5.81. The van der Waals surface area contributed by atoms with Crippen molar-refractivity contribution in [3.8, 4) is 0 Å². The molecule has 0 heterocycles. The van der Waals surface area contributed by atoms with Crippen molar-refractivity contribution in [1.82, 2.24) is 0 Å². The fraction of sp³-hybridized carbons (Fsp3) is 0.211. The molecule has 0 spiro atoms. The quantitative estimate of drug-likeness (QED) is 0.227. The number of esters is 1. The summed E-state index contributed by atoms with van der Waals surface area (Å²) in [7, 11) is 0.